The molecule has 0 saturated carbocycles. The van der Waals surface area contributed by atoms with E-state index in [1.807, 2.05) is 18.2 Å². The zero-order chi connectivity index (χ0) is 11.3. The van der Waals surface area contributed by atoms with Gasteiger partial charge in [0.15, 0.2) is 0 Å². The van der Waals surface area contributed by atoms with E-state index in [9.17, 15) is 0 Å². The molecule has 0 spiro atoms. The van der Waals surface area contributed by atoms with E-state index in [1.54, 1.807) is 7.11 Å². The van der Waals surface area contributed by atoms with Crippen molar-refractivity contribution in [2.24, 2.45) is 0 Å². The summed E-state index contributed by atoms with van der Waals surface area (Å²) in [5.41, 5.74) is 1.02. The Kier molecular flexibility index (Phi) is 5.43. The van der Waals surface area contributed by atoms with Crippen LogP contribution in [0, 0.1) is 0 Å². The van der Waals surface area contributed by atoms with Crippen LogP contribution in [-0.2, 0) is 4.74 Å². The highest BCUT2D eigenvalue weighted by atomic mass is 79.9. The zero-order valence-corrected chi connectivity index (χ0v) is 11.2. The quantitative estimate of drug-likeness (QED) is 0.887. The maximum absolute atomic E-state index is 5.99. The van der Waals surface area contributed by atoms with Crippen molar-refractivity contribution in [2.75, 3.05) is 19.0 Å². The van der Waals surface area contributed by atoms with Crippen molar-refractivity contribution in [1.82, 2.24) is 0 Å². The van der Waals surface area contributed by atoms with Crippen LogP contribution in [-0.4, -0.2) is 19.8 Å². The summed E-state index contributed by atoms with van der Waals surface area (Å²) in [6.45, 7) is 2.87. The number of anilines is 1. The summed E-state index contributed by atoms with van der Waals surface area (Å²) in [5.74, 6) is 0. The van der Waals surface area contributed by atoms with Crippen LogP contribution in [0.4, 0.5) is 5.69 Å². The normalized spacial score (nSPS) is 12.5. The highest BCUT2D eigenvalue weighted by Crippen LogP contribution is 2.30. The molecule has 4 heteroatoms. The second-order valence-electron chi connectivity index (χ2n) is 3.43. The number of rotatable bonds is 5. The second kappa shape index (κ2) is 6.36. The fourth-order valence-corrected chi connectivity index (χ4v) is 1.80. The van der Waals surface area contributed by atoms with Crippen LogP contribution in [0.5, 0.6) is 0 Å². The number of hydrogen-bond acceptors (Lipinski definition) is 2. The van der Waals surface area contributed by atoms with Gasteiger partial charge in [0.25, 0.3) is 0 Å². The average Bonchev–Trinajstić information content (AvgIpc) is 2.22. The fourth-order valence-electron chi connectivity index (χ4n) is 1.25. The minimum atomic E-state index is 0.361. The van der Waals surface area contributed by atoms with Crippen molar-refractivity contribution in [3.05, 3.63) is 27.7 Å². The molecule has 0 amide bonds. The molecule has 0 bridgehead atoms. The van der Waals surface area contributed by atoms with Crippen LogP contribution >= 0.6 is 27.5 Å². The van der Waals surface area contributed by atoms with Crippen LogP contribution in [0.2, 0.25) is 5.02 Å². The molecule has 1 aromatic carbocycles. The predicted molar refractivity (Wildman–Crippen MR) is 68.7 cm³/mol. The first-order chi connectivity index (χ1) is 7.15. The molecule has 84 valence electrons. The van der Waals surface area contributed by atoms with Crippen LogP contribution in [0.15, 0.2) is 22.7 Å². The van der Waals surface area contributed by atoms with Crippen LogP contribution in [0.1, 0.15) is 13.3 Å². The van der Waals surface area contributed by atoms with Gasteiger partial charge < -0.3 is 10.1 Å². The monoisotopic (exact) mass is 291 g/mol. The first-order valence-corrected chi connectivity index (χ1v) is 6.01. The van der Waals surface area contributed by atoms with E-state index in [4.69, 9.17) is 16.3 Å². The number of nitrogens with one attached hydrogen (secondary N) is 1. The average molecular weight is 293 g/mol. The third-order valence-electron chi connectivity index (χ3n) is 2.11. The van der Waals surface area contributed by atoms with Crippen molar-refractivity contribution >= 4 is 33.2 Å². The maximum atomic E-state index is 5.99. The standard InChI is InChI=1S/C11H15BrClNO/c1-8(6-7-15-2)14-10-5-3-4-9(13)11(10)12/h3-5,8,14H,6-7H2,1-2H3. The summed E-state index contributed by atoms with van der Waals surface area (Å²) < 4.78 is 5.94. The molecular formula is C11H15BrClNO. The predicted octanol–water partition coefficient (Wildman–Crippen LogP) is 3.94. The Balaban J connectivity index is 2.60. The first kappa shape index (κ1) is 12.8. The molecular weight excluding hydrogens is 277 g/mol. The molecule has 0 aliphatic heterocycles. The van der Waals surface area contributed by atoms with Gasteiger partial charge >= 0.3 is 0 Å². The lowest BCUT2D eigenvalue weighted by Crippen LogP contribution is -2.17. The first-order valence-electron chi connectivity index (χ1n) is 4.84. The largest absolute Gasteiger partial charge is 0.385 e. The molecule has 0 aliphatic rings. The smallest absolute Gasteiger partial charge is 0.0593 e. The Labute approximate surface area is 104 Å². The van der Waals surface area contributed by atoms with Crippen LogP contribution in [0.25, 0.3) is 0 Å². The molecule has 1 unspecified atom stereocenters. The molecule has 0 saturated heterocycles. The minimum Gasteiger partial charge on any atom is -0.385 e. The molecule has 1 aromatic rings. The summed E-state index contributed by atoms with van der Waals surface area (Å²) in [4.78, 5) is 0. The third-order valence-corrected chi connectivity index (χ3v) is 3.51. The van der Waals surface area contributed by atoms with Gasteiger partial charge in [-0.2, -0.15) is 0 Å². The second-order valence-corrected chi connectivity index (χ2v) is 4.63. The number of hydrogen-bond donors (Lipinski definition) is 1. The number of benzene rings is 1. The van der Waals surface area contributed by atoms with Gasteiger partial charge in [0.1, 0.15) is 0 Å². The summed E-state index contributed by atoms with van der Waals surface area (Å²) in [6, 6.07) is 6.15. The SMILES string of the molecule is COCCC(C)Nc1cccc(Cl)c1Br. The highest BCUT2D eigenvalue weighted by molar-refractivity contribution is 9.10. The van der Waals surface area contributed by atoms with E-state index in [-0.39, 0.29) is 0 Å². The van der Waals surface area contributed by atoms with Crippen LogP contribution < -0.4 is 5.32 Å². The Bertz CT molecular complexity index is 319. The molecule has 1 rings (SSSR count). The van der Waals surface area contributed by atoms with Gasteiger partial charge in [-0.3, -0.25) is 0 Å². The van der Waals surface area contributed by atoms with Gasteiger partial charge in [-0.25, -0.2) is 0 Å². The number of methoxy groups -OCH3 is 1. The zero-order valence-electron chi connectivity index (χ0n) is 8.89. The Morgan fingerprint density at radius 2 is 2.27 bits per heavy atom. The Hall–Kier alpha value is -0.250. The van der Waals surface area contributed by atoms with Gasteiger partial charge in [-0.1, -0.05) is 17.7 Å². The lowest BCUT2D eigenvalue weighted by atomic mass is 10.2. The van der Waals surface area contributed by atoms with Gasteiger partial charge in [0, 0.05) is 19.8 Å². The van der Waals surface area contributed by atoms with Crippen molar-refractivity contribution in [2.45, 2.75) is 19.4 Å². The summed E-state index contributed by atoms with van der Waals surface area (Å²) in [5, 5.41) is 4.10. The van der Waals surface area contributed by atoms with E-state index < -0.39 is 0 Å². The molecule has 2 nitrogen and oxygen atoms in total. The lowest BCUT2D eigenvalue weighted by Gasteiger charge is -2.16. The molecule has 0 aliphatic carbocycles. The number of ether oxygens (including phenoxy) is 1. The van der Waals surface area contributed by atoms with E-state index in [0.717, 1.165) is 28.2 Å². The van der Waals surface area contributed by atoms with E-state index >= 15 is 0 Å². The molecule has 0 radical (unpaired) electrons. The lowest BCUT2D eigenvalue weighted by molar-refractivity contribution is 0.191. The summed E-state index contributed by atoms with van der Waals surface area (Å²) >= 11 is 9.44. The van der Waals surface area contributed by atoms with E-state index in [0.29, 0.717) is 6.04 Å². The van der Waals surface area contributed by atoms with Crippen molar-refractivity contribution < 1.29 is 4.74 Å². The molecule has 0 fully saturated rings. The number of halogens is 2. The van der Waals surface area contributed by atoms with Gasteiger partial charge in [0.2, 0.25) is 0 Å². The maximum Gasteiger partial charge on any atom is 0.0593 e. The molecule has 1 atom stereocenters. The van der Waals surface area contributed by atoms with Crippen molar-refractivity contribution in [3.63, 3.8) is 0 Å². The van der Waals surface area contributed by atoms with Gasteiger partial charge in [0.05, 0.1) is 15.2 Å². The van der Waals surface area contributed by atoms with Crippen molar-refractivity contribution in [1.29, 1.82) is 0 Å². The molecule has 15 heavy (non-hydrogen) atoms. The van der Waals surface area contributed by atoms with Crippen molar-refractivity contribution in [3.8, 4) is 0 Å². The summed E-state index contributed by atoms with van der Waals surface area (Å²) in [6.07, 6.45) is 0.968. The fraction of sp³-hybridized carbons (Fsp3) is 0.455. The Morgan fingerprint density at radius 3 is 2.93 bits per heavy atom. The van der Waals surface area contributed by atoms with Gasteiger partial charge in [-0.05, 0) is 41.4 Å². The molecule has 0 aromatic heterocycles. The van der Waals surface area contributed by atoms with Gasteiger partial charge in [-0.15, -0.1) is 0 Å². The third kappa shape index (κ3) is 4.01. The van der Waals surface area contributed by atoms with E-state index in [1.165, 1.54) is 0 Å². The minimum absolute atomic E-state index is 0.361. The topological polar surface area (TPSA) is 21.3 Å². The summed E-state index contributed by atoms with van der Waals surface area (Å²) in [7, 11) is 1.71. The van der Waals surface area contributed by atoms with Crippen LogP contribution in [0.3, 0.4) is 0 Å². The van der Waals surface area contributed by atoms with E-state index in [2.05, 4.69) is 28.2 Å². The highest BCUT2D eigenvalue weighted by Gasteiger charge is 2.06. The molecule has 1 N–H and O–H groups in total. The molecule has 0 heterocycles. The Morgan fingerprint density at radius 1 is 1.53 bits per heavy atom.